The van der Waals surface area contributed by atoms with Gasteiger partial charge in [-0.1, -0.05) is 164 Å². The molecule has 0 saturated carbocycles. The summed E-state index contributed by atoms with van der Waals surface area (Å²) in [6, 6.07) is 79.8. The van der Waals surface area contributed by atoms with Crippen molar-refractivity contribution in [3.05, 3.63) is 218 Å². The van der Waals surface area contributed by atoms with Gasteiger partial charge in [0, 0.05) is 53.6 Å². The van der Waals surface area contributed by atoms with Gasteiger partial charge in [-0.05, 0) is 92.8 Å². The summed E-state index contributed by atoms with van der Waals surface area (Å²) >= 11 is 1.91. The Kier molecular flexibility index (Phi) is 7.75. The van der Waals surface area contributed by atoms with E-state index in [-0.39, 0.29) is 0 Å². The van der Waals surface area contributed by atoms with E-state index in [0.29, 0.717) is 0 Å². The molecule has 12 rings (SSSR count). The number of fused-ring (bicyclic) bond motifs is 9. The van der Waals surface area contributed by atoms with E-state index in [1.54, 1.807) is 0 Å². The van der Waals surface area contributed by atoms with Crippen LogP contribution in [0.4, 0.5) is 17.1 Å². The van der Waals surface area contributed by atoms with Crippen molar-refractivity contribution in [3.63, 3.8) is 0 Å². The topological polar surface area (TPSA) is 8.17 Å². The molecular weight excluding hydrogens is 733 g/mol. The minimum atomic E-state index is 1.10. The van der Waals surface area contributed by atoms with Gasteiger partial charge in [-0.25, -0.2) is 0 Å². The quantitative estimate of drug-likeness (QED) is 0.164. The summed E-state index contributed by atoms with van der Waals surface area (Å²) in [6.45, 7) is 0. The molecule has 0 amide bonds. The Balaban J connectivity index is 0.964. The number of aromatic nitrogens is 1. The van der Waals surface area contributed by atoms with Gasteiger partial charge in [0.2, 0.25) is 0 Å². The van der Waals surface area contributed by atoms with Gasteiger partial charge >= 0.3 is 0 Å². The first-order valence-corrected chi connectivity index (χ1v) is 21.0. The molecule has 0 fully saturated rings. The maximum absolute atomic E-state index is 2.42. The average Bonchev–Trinajstić information content (AvgIpc) is 3.86. The van der Waals surface area contributed by atoms with E-state index in [1.807, 2.05) is 11.3 Å². The summed E-state index contributed by atoms with van der Waals surface area (Å²) in [7, 11) is 0. The summed E-state index contributed by atoms with van der Waals surface area (Å²) < 4.78 is 5.10. The van der Waals surface area contributed by atoms with E-state index in [4.69, 9.17) is 0 Å². The minimum absolute atomic E-state index is 1.10. The number of para-hydroxylation sites is 3. The number of hydrogen-bond acceptors (Lipinski definition) is 2. The summed E-state index contributed by atoms with van der Waals surface area (Å²) in [4.78, 5) is 2.38. The van der Waals surface area contributed by atoms with Crippen LogP contribution in [0, 0.1) is 0 Å². The Bertz CT molecular complexity index is 3500. The van der Waals surface area contributed by atoms with Gasteiger partial charge in [-0.15, -0.1) is 11.3 Å². The van der Waals surface area contributed by atoms with Crippen LogP contribution in [0.5, 0.6) is 0 Å². The van der Waals surface area contributed by atoms with Crippen LogP contribution >= 0.6 is 11.3 Å². The molecule has 0 radical (unpaired) electrons. The molecule has 3 heteroatoms. The predicted octanol–water partition coefficient (Wildman–Crippen LogP) is 16.3. The highest BCUT2D eigenvalue weighted by Gasteiger charge is 2.18. The summed E-state index contributed by atoms with van der Waals surface area (Å²) in [6.07, 6.45) is 0. The second kappa shape index (κ2) is 13.6. The lowest BCUT2D eigenvalue weighted by Crippen LogP contribution is -2.10. The van der Waals surface area contributed by atoms with E-state index in [1.165, 1.54) is 91.5 Å². The molecule has 0 aliphatic heterocycles. The van der Waals surface area contributed by atoms with E-state index in [2.05, 4.69) is 228 Å². The lowest BCUT2D eigenvalue weighted by atomic mass is 10.0. The number of rotatable bonds is 6. The third kappa shape index (κ3) is 5.47. The Hall–Kier alpha value is -7.46. The lowest BCUT2D eigenvalue weighted by molar-refractivity contribution is 1.18. The molecule has 0 spiro atoms. The Morgan fingerprint density at radius 1 is 0.322 bits per heavy atom. The second-order valence-electron chi connectivity index (χ2n) is 15.3. The molecule has 276 valence electrons. The van der Waals surface area contributed by atoms with Crippen LogP contribution in [0.1, 0.15) is 0 Å². The van der Waals surface area contributed by atoms with Crippen molar-refractivity contribution < 1.29 is 0 Å². The molecule has 0 aliphatic carbocycles. The fraction of sp³-hybridized carbons (Fsp3) is 0. The van der Waals surface area contributed by atoms with Gasteiger partial charge in [-0.3, -0.25) is 0 Å². The smallest absolute Gasteiger partial charge is 0.0541 e. The van der Waals surface area contributed by atoms with Gasteiger partial charge < -0.3 is 9.47 Å². The molecule has 0 saturated heterocycles. The average molecular weight is 769 g/mol. The zero-order valence-corrected chi connectivity index (χ0v) is 32.9. The van der Waals surface area contributed by atoms with E-state index in [9.17, 15) is 0 Å². The predicted molar refractivity (Wildman–Crippen MR) is 254 cm³/mol. The van der Waals surface area contributed by atoms with E-state index >= 15 is 0 Å². The second-order valence-corrected chi connectivity index (χ2v) is 16.3. The third-order valence-electron chi connectivity index (χ3n) is 12.0. The first-order chi connectivity index (χ1) is 29.3. The lowest BCUT2D eigenvalue weighted by Gasteiger charge is -2.26. The van der Waals surface area contributed by atoms with Crippen LogP contribution in [0.2, 0.25) is 0 Å². The van der Waals surface area contributed by atoms with Crippen molar-refractivity contribution in [1.29, 1.82) is 0 Å². The molecule has 12 aromatic rings. The highest BCUT2D eigenvalue weighted by Crippen LogP contribution is 2.44. The molecule has 59 heavy (non-hydrogen) atoms. The number of nitrogens with zero attached hydrogens (tertiary/aromatic N) is 2. The summed E-state index contributed by atoms with van der Waals surface area (Å²) in [5.41, 5.74) is 11.8. The molecule has 0 N–H and O–H groups in total. The number of hydrogen-bond donors (Lipinski definition) is 0. The van der Waals surface area contributed by atoms with Crippen LogP contribution in [-0.2, 0) is 0 Å². The molecule has 0 unspecified atom stereocenters. The number of benzene rings is 10. The van der Waals surface area contributed by atoms with Gasteiger partial charge in [0.15, 0.2) is 0 Å². The van der Waals surface area contributed by atoms with E-state index < -0.39 is 0 Å². The Labute approximate surface area is 346 Å². The molecule has 0 bridgehead atoms. The monoisotopic (exact) mass is 768 g/mol. The van der Waals surface area contributed by atoms with Gasteiger partial charge in [-0.2, -0.15) is 0 Å². The molecule has 2 heterocycles. The van der Waals surface area contributed by atoms with Crippen LogP contribution in [-0.4, -0.2) is 4.57 Å². The number of thiophene rings is 1. The summed E-state index contributed by atoms with van der Waals surface area (Å²) in [5, 5.41) is 10.2. The van der Waals surface area contributed by atoms with E-state index in [0.717, 1.165) is 17.1 Å². The Morgan fingerprint density at radius 3 is 1.56 bits per heavy atom. The minimum Gasteiger partial charge on any atom is -0.310 e. The van der Waals surface area contributed by atoms with Crippen LogP contribution in [0.25, 0.3) is 91.5 Å². The van der Waals surface area contributed by atoms with Crippen LogP contribution in [0.15, 0.2) is 218 Å². The van der Waals surface area contributed by atoms with Crippen molar-refractivity contribution >= 4 is 91.9 Å². The van der Waals surface area contributed by atoms with Gasteiger partial charge in [0.25, 0.3) is 0 Å². The maximum atomic E-state index is 2.42. The standard InChI is InChI=1S/C56H36N2S/c1-2-14-41-36-44(34-24-37(41)12-1)57(43-32-27-40(28-33-43)47-19-11-20-50-51-35-29-38-13-3-4-16-46(38)56(51)59-55(47)50)42-30-25-39(26-31-42)45-15-5-8-21-52(45)58-53-22-9-6-17-48(53)49-18-7-10-23-54(49)58/h1-36H. The van der Waals surface area contributed by atoms with Crippen molar-refractivity contribution in [2.45, 2.75) is 0 Å². The first-order valence-electron chi connectivity index (χ1n) is 20.2. The van der Waals surface area contributed by atoms with Crippen molar-refractivity contribution in [3.8, 4) is 27.9 Å². The third-order valence-corrected chi connectivity index (χ3v) is 13.3. The maximum Gasteiger partial charge on any atom is 0.0541 e. The van der Waals surface area contributed by atoms with Crippen LogP contribution < -0.4 is 4.90 Å². The van der Waals surface area contributed by atoms with Gasteiger partial charge in [0.05, 0.1) is 16.7 Å². The molecule has 0 atom stereocenters. The summed E-state index contributed by atoms with van der Waals surface area (Å²) in [5.74, 6) is 0. The molecule has 2 nitrogen and oxygen atoms in total. The highest BCUT2D eigenvalue weighted by molar-refractivity contribution is 7.27. The zero-order valence-electron chi connectivity index (χ0n) is 32.1. The fourth-order valence-electron chi connectivity index (χ4n) is 9.19. The first kappa shape index (κ1) is 33.7. The zero-order chi connectivity index (χ0) is 38.9. The number of anilines is 3. The molecule has 10 aromatic carbocycles. The Morgan fingerprint density at radius 2 is 0.831 bits per heavy atom. The fourth-order valence-corrected chi connectivity index (χ4v) is 10.6. The SMILES string of the molecule is c1ccc(-n2c3ccccc3c3ccccc32)c(-c2ccc(N(c3ccc(-c4cccc5c4sc4c6ccccc6ccc54)cc3)c3ccc4ccccc4c3)cc2)c1. The highest BCUT2D eigenvalue weighted by atomic mass is 32.1. The largest absolute Gasteiger partial charge is 0.310 e. The van der Waals surface area contributed by atoms with Gasteiger partial charge in [0.1, 0.15) is 0 Å². The molecule has 0 aliphatic rings. The van der Waals surface area contributed by atoms with Crippen LogP contribution in [0.3, 0.4) is 0 Å². The molecule has 2 aromatic heterocycles. The van der Waals surface area contributed by atoms with Crippen molar-refractivity contribution in [2.75, 3.05) is 4.90 Å². The normalized spacial score (nSPS) is 11.7. The molecular formula is C56H36N2S. The van der Waals surface area contributed by atoms with Crippen molar-refractivity contribution in [2.24, 2.45) is 0 Å². The van der Waals surface area contributed by atoms with Crippen molar-refractivity contribution in [1.82, 2.24) is 4.57 Å².